The van der Waals surface area contributed by atoms with Crippen molar-refractivity contribution in [3.63, 3.8) is 0 Å². The first-order valence-electron chi connectivity index (χ1n) is 11.5. The van der Waals surface area contributed by atoms with Gasteiger partial charge in [-0.2, -0.15) is 11.8 Å². The summed E-state index contributed by atoms with van der Waals surface area (Å²) in [5.74, 6) is 1.43. The monoisotopic (exact) mass is 446 g/mol. The maximum Gasteiger partial charge on any atom is 0.327 e. The number of carbonyl (C=O) groups is 1. The number of carboxylic acids is 1. The van der Waals surface area contributed by atoms with Gasteiger partial charge in [-0.05, 0) is 73.1 Å². The first-order valence-corrected chi connectivity index (χ1v) is 12.6. The number of aliphatic imine (C=N–C) groups is 1. The van der Waals surface area contributed by atoms with Gasteiger partial charge in [0.05, 0.1) is 5.84 Å². The maximum absolute atomic E-state index is 11.5. The second-order valence-electron chi connectivity index (χ2n) is 8.76. The summed E-state index contributed by atoms with van der Waals surface area (Å²) in [5, 5.41) is 12.6. The number of carboxylic acid groups (broad SMARTS) is 1. The lowest BCUT2D eigenvalue weighted by Crippen LogP contribution is -2.42. The largest absolute Gasteiger partial charge is 0.480 e. The Hall–Kier alpha value is -1.75. The van der Waals surface area contributed by atoms with Crippen LogP contribution < -0.4 is 5.32 Å². The van der Waals surface area contributed by atoms with Crippen LogP contribution in [0.3, 0.4) is 0 Å². The molecule has 0 radical (unpaired) electrons. The molecule has 31 heavy (non-hydrogen) atoms. The Morgan fingerprint density at radius 2 is 1.77 bits per heavy atom. The SMILES string of the molecule is CC(C)=CCCC(C)=CCCC(=CCSCC(NC1=NCCC1)C(=O)O)CC=C(C)C. The minimum Gasteiger partial charge on any atom is -0.480 e. The minimum absolute atomic E-state index is 0.546. The molecule has 1 heterocycles. The van der Waals surface area contributed by atoms with Gasteiger partial charge in [0.1, 0.15) is 6.04 Å². The molecule has 0 aliphatic carbocycles. The molecule has 0 aromatic rings. The number of thioether (sulfide) groups is 1. The minimum atomic E-state index is -0.801. The van der Waals surface area contributed by atoms with Crippen LogP contribution in [0.2, 0.25) is 0 Å². The van der Waals surface area contributed by atoms with Gasteiger partial charge >= 0.3 is 5.97 Å². The molecule has 174 valence electrons. The Labute approximate surface area is 194 Å². The van der Waals surface area contributed by atoms with Gasteiger partial charge in [0.2, 0.25) is 0 Å². The summed E-state index contributed by atoms with van der Waals surface area (Å²) in [6.07, 6.45) is 16.5. The van der Waals surface area contributed by atoms with Crippen molar-refractivity contribution in [3.05, 3.63) is 46.6 Å². The molecule has 0 amide bonds. The third kappa shape index (κ3) is 14.0. The Bertz CT molecular complexity index is 709. The lowest BCUT2D eigenvalue weighted by Gasteiger charge is -2.15. The van der Waals surface area contributed by atoms with E-state index in [0.29, 0.717) is 5.75 Å². The molecule has 0 aromatic carbocycles. The molecule has 0 saturated heterocycles. The number of hydrogen-bond donors (Lipinski definition) is 2. The lowest BCUT2D eigenvalue weighted by molar-refractivity contribution is -0.138. The van der Waals surface area contributed by atoms with Crippen LogP contribution in [0.4, 0.5) is 0 Å². The first kappa shape index (κ1) is 27.3. The molecule has 0 spiro atoms. The zero-order valence-corrected chi connectivity index (χ0v) is 21.0. The summed E-state index contributed by atoms with van der Waals surface area (Å²) >= 11 is 1.67. The van der Waals surface area contributed by atoms with E-state index in [1.54, 1.807) is 11.8 Å². The van der Waals surface area contributed by atoms with E-state index in [1.807, 2.05) is 0 Å². The molecule has 4 nitrogen and oxygen atoms in total. The molecular formula is C26H42N2O2S. The van der Waals surface area contributed by atoms with Crippen molar-refractivity contribution in [1.82, 2.24) is 5.32 Å². The molecule has 0 aromatic heterocycles. The molecule has 0 saturated carbocycles. The van der Waals surface area contributed by atoms with Crippen LogP contribution in [0.15, 0.2) is 51.6 Å². The van der Waals surface area contributed by atoms with Crippen molar-refractivity contribution >= 4 is 23.6 Å². The Morgan fingerprint density at radius 3 is 2.39 bits per heavy atom. The third-order valence-corrected chi connectivity index (χ3v) is 6.08. The van der Waals surface area contributed by atoms with E-state index in [-0.39, 0.29) is 0 Å². The smallest absolute Gasteiger partial charge is 0.327 e. The highest BCUT2D eigenvalue weighted by Crippen LogP contribution is 2.17. The van der Waals surface area contributed by atoms with Gasteiger partial charge in [-0.15, -0.1) is 0 Å². The first-order chi connectivity index (χ1) is 14.8. The van der Waals surface area contributed by atoms with Crippen LogP contribution in [-0.2, 0) is 4.79 Å². The van der Waals surface area contributed by atoms with Crippen molar-refractivity contribution < 1.29 is 9.90 Å². The van der Waals surface area contributed by atoms with E-state index in [4.69, 9.17) is 0 Å². The Morgan fingerprint density at radius 1 is 1.06 bits per heavy atom. The molecule has 1 atom stereocenters. The molecule has 1 unspecified atom stereocenters. The summed E-state index contributed by atoms with van der Waals surface area (Å²) in [5.41, 5.74) is 5.61. The number of rotatable bonds is 14. The summed E-state index contributed by atoms with van der Waals surface area (Å²) in [6, 6.07) is -0.567. The number of hydrogen-bond acceptors (Lipinski definition) is 4. The highest BCUT2D eigenvalue weighted by atomic mass is 32.2. The third-order valence-electron chi connectivity index (χ3n) is 5.11. The van der Waals surface area contributed by atoms with Gasteiger partial charge in [-0.1, -0.05) is 46.6 Å². The van der Waals surface area contributed by atoms with Crippen molar-refractivity contribution in [2.24, 2.45) is 4.99 Å². The van der Waals surface area contributed by atoms with Gasteiger partial charge in [-0.25, -0.2) is 4.79 Å². The van der Waals surface area contributed by atoms with E-state index >= 15 is 0 Å². The molecule has 1 aliphatic rings. The Balaban J connectivity index is 2.53. The Kier molecular flexibility index (Phi) is 14.1. The summed E-state index contributed by atoms with van der Waals surface area (Å²) < 4.78 is 0. The normalized spacial score (nSPS) is 15.3. The van der Waals surface area contributed by atoms with E-state index < -0.39 is 12.0 Å². The zero-order valence-electron chi connectivity index (χ0n) is 20.2. The fourth-order valence-electron chi connectivity index (χ4n) is 3.21. The number of nitrogens with one attached hydrogen (secondary N) is 1. The molecule has 0 bridgehead atoms. The summed E-state index contributed by atoms with van der Waals surface area (Å²) in [7, 11) is 0. The lowest BCUT2D eigenvalue weighted by atomic mass is 10.0. The van der Waals surface area contributed by atoms with E-state index in [2.05, 4.69) is 69.2 Å². The number of nitrogens with zero attached hydrogens (tertiary/aromatic N) is 1. The van der Waals surface area contributed by atoms with Crippen molar-refractivity contribution in [1.29, 1.82) is 0 Å². The number of aliphatic carboxylic acids is 1. The predicted molar refractivity (Wildman–Crippen MR) is 137 cm³/mol. The standard InChI is InChI=1S/C26H42N2O2S/c1-20(2)9-6-10-22(5)11-7-12-23(15-14-21(3)4)16-18-31-19-24(26(29)30)28-25-13-8-17-27-25/h9,11,14,16,24H,6-8,10,12-13,15,17-19H2,1-5H3,(H,27,28)(H,29,30). The van der Waals surface area contributed by atoms with Gasteiger partial charge in [-0.3, -0.25) is 4.99 Å². The van der Waals surface area contributed by atoms with Crippen LogP contribution in [0.25, 0.3) is 0 Å². The van der Waals surface area contributed by atoms with Crippen LogP contribution in [0, 0.1) is 0 Å². The van der Waals surface area contributed by atoms with E-state index in [0.717, 1.165) is 63.1 Å². The van der Waals surface area contributed by atoms with Gasteiger partial charge in [0.15, 0.2) is 0 Å². The number of amidine groups is 1. The average molecular weight is 447 g/mol. The molecule has 1 aliphatic heterocycles. The average Bonchev–Trinajstić information content (AvgIpc) is 3.20. The van der Waals surface area contributed by atoms with Crippen LogP contribution in [0.1, 0.15) is 79.6 Å². The second-order valence-corrected chi connectivity index (χ2v) is 9.84. The highest BCUT2D eigenvalue weighted by Gasteiger charge is 2.19. The number of allylic oxidation sites excluding steroid dienone is 7. The van der Waals surface area contributed by atoms with Crippen LogP contribution >= 0.6 is 11.8 Å². The van der Waals surface area contributed by atoms with Crippen molar-refractivity contribution in [2.75, 3.05) is 18.1 Å². The quantitative estimate of drug-likeness (QED) is 0.230. The van der Waals surface area contributed by atoms with Gasteiger partial charge in [0, 0.05) is 24.5 Å². The topological polar surface area (TPSA) is 61.7 Å². The predicted octanol–water partition coefficient (Wildman–Crippen LogP) is 6.71. The van der Waals surface area contributed by atoms with Gasteiger partial charge < -0.3 is 10.4 Å². The summed E-state index contributed by atoms with van der Waals surface area (Å²) in [6.45, 7) is 11.6. The fourth-order valence-corrected chi connectivity index (χ4v) is 4.16. The highest BCUT2D eigenvalue weighted by molar-refractivity contribution is 7.99. The van der Waals surface area contributed by atoms with Crippen molar-refractivity contribution in [3.8, 4) is 0 Å². The van der Waals surface area contributed by atoms with Gasteiger partial charge in [0.25, 0.3) is 0 Å². The van der Waals surface area contributed by atoms with Crippen molar-refractivity contribution in [2.45, 2.75) is 85.6 Å². The van der Waals surface area contributed by atoms with Crippen LogP contribution in [0.5, 0.6) is 0 Å². The molecule has 1 rings (SSSR count). The van der Waals surface area contributed by atoms with E-state index in [9.17, 15) is 9.90 Å². The summed E-state index contributed by atoms with van der Waals surface area (Å²) in [4.78, 5) is 15.9. The maximum atomic E-state index is 11.5. The molecule has 2 N–H and O–H groups in total. The molecule has 0 fully saturated rings. The fraction of sp³-hybridized carbons (Fsp3) is 0.615. The zero-order chi connectivity index (χ0) is 23.1. The second kappa shape index (κ2) is 16.0. The molecular weight excluding hydrogens is 404 g/mol. The van der Waals surface area contributed by atoms with E-state index in [1.165, 1.54) is 22.3 Å². The molecule has 5 heteroatoms. The van der Waals surface area contributed by atoms with Crippen LogP contribution in [-0.4, -0.2) is 41.0 Å².